The number of benzene rings is 2. The van der Waals surface area contributed by atoms with Crippen LogP contribution in [0.15, 0.2) is 47.4 Å². The summed E-state index contributed by atoms with van der Waals surface area (Å²) >= 11 is 6.02. The van der Waals surface area contributed by atoms with Crippen molar-refractivity contribution in [1.82, 2.24) is 5.32 Å². The fourth-order valence-electron chi connectivity index (χ4n) is 2.16. The van der Waals surface area contributed by atoms with E-state index < -0.39 is 10.0 Å². The summed E-state index contributed by atoms with van der Waals surface area (Å²) < 4.78 is 22.4. The van der Waals surface area contributed by atoms with Crippen molar-refractivity contribution in [2.24, 2.45) is 5.14 Å². The molecule has 0 unspecified atom stereocenters. The Labute approximate surface area is 152 Å². The Morgan fingerprint density at radius 3 is 2.44 bits per heavy atom. The average Bonchev–Trinajstić information content (AvgIpc) is 2.55. The number of hydrogen-bond donors (Lipinski definition) is 3. The summed E-state index contributed by atoms with van der Waals surface area (Å²) in [5.74, 6) is -0.163. The van der Waals surface area contributed by atoms with Crippen LogP contribution >= 0.6 is 11.6 Å². The summed E-state index contributed by atoms with van der Waals surface area (Å²) in [6.07, 6.45) is 0.661. The van der Waals surface area contributed by atoms with Gasteiger partial charge in [-0.1, -0.05) is 29.8 Å². The first-order valence-electron chi connectivity index (χ1n) is 7.64. The van der Waals surface area contributed by atoms with E-state index in [2.05, 4.69) is 10.6 Å². The first-order valence-corrected chi connectivity index (χ1v) is 9.56. The molecule has 0 saturated carbocycles. The molecule has 0 saturated heterocycles. The Bertz CT molecular complexity index is 852. The molecule has 134 valence electrons. The van der Waals surface area contributed by atoms with Gasteiger partial charge in [-0.3, -0.25) is 4.79 Å². The number of carbonyl (C=O) groups excluding carboxylic acids is 1. The minimum Gasteiger partial charge on any atom is -0.325 e. The smallest absolute Gasteiger partial charge is 0.238 e. The van der Waals surface area contributed by atoms with E-state index in [0.717, 1.165) is 11.1 Å². The lowest BCUT2D eigenvalue weighted by molar-refractivity contribution is -0.115. The van der Waals surface area contributed by atoms with Crippen molar-refractivity contribution >= 4 is 33.2 Å². The molecule has 0 aliphatic carbocycles. The molecule has 6 nitrogen and oxygen atoms in total. The van der Waals surface area contributed by atoms with Crippen LogP contribution in [-0.4, -0.2) is 27.4 Å². The lowest BCUT2D eigenvalue weighted by Gasteiger charge is -2.08. The summed E-state index contributed by atoms with van der Waals surface area (Å²) in [5.41, 5.74) is 2.55. The van der Waals surface area contributed by atoms with Gasteiger partial charge in [-0.05, 0) is 55.3 Å². The molecule has 0 aliphatic heterocycles. The zero-order valence-electron chi connectivity index (χ0n) is 13.8. The van der Waals surface area contributed by atoms with E-state index in [1.807, 2.05) is 13.0 Å². The van der Waals surface area contributed by atoms with Crippen LogP contribution in [0.3, 0.4) is 0 Å². The van der Waals surface area contributed by atoms with E-state index in [0.29, 0.717) is 23.7 Å². The van der Waals surface area contributed by atoms with Gasteiger partial charge in [0.15, 0.2) is 0 Å². The van der Waals surface area contributed by atoms with Gasteiger partial charge >= 0.3 is 0 Å². The topological polar surface area (TPSA) is 101 Å². The molecule has 2 aromatic rings. The lowest BCUT2D eigenvalue weighted by Crippen LogP contribution is -2.29. The minimum atomic E-state index is -3.67. The van der Waals surface area contributed by atoms with Crippen molar-refractivity contribution in [2.75, 3.05) is 18.4 Å². The van der Waals surface area contributed by atoms with E-state index in [4.69, 9.17) is 16.7 Å². The second kappa shape index (κ2) is 8.44. The Kier molecular flexibility index (Phi) is 6.55. The first kappa shape index (κ1) is 19.4. The van der Waals surface area contributed by atoms with Gasteiger partial charge in [0, 0.05) is 10.7 Å². The molecular weight excluding hydrogens is 362 g/mol. The summed E-state index contributed by atoms with van der Waals surface area (Å²) in [4.78, 5) is 12.0. The van der Waals surface area contributed by atoms with Gasteiger partial charge in [0.1, 0.15) is 0 Å². The molecule has 0 radical (unpaired) electrons. The molecule has 0 heterocycles. The number of amides is 1. The highest BCUT2D eigenvalue weighted by Crippen LogP contribution is 2.19. The van der Waals surface area contributed by atoms with Gasteiger partial charge in [0.25, 0.3) is 0 Å². The molecule has 4 N–H and O–H groups in total. The van der Waals surface area contributed by atoms with Crippen LogP contribution in [0.25, 0.3) is 0 Å². The maximum absolute atomic E-state index is 11.9. The molecular formula is C17H20ClN3O3S. The summed E-state index contributed by atoms with van der Waals surface area (Å²) in [6.45, 7) is 2.64. The normalized spacial score (nSPS) is 11.3. The van der Waals surface area contributed by atoms with E-state index in [1.165, 1.54) is 12.1 Å². The van der Waals surface area contributed by atoms with Crippen molar-refractivity contribution < 1.29 is 13.2 Å². The molecule has 1 amide bonds. The molecule has 0 aromatic heterocycles. The maximum atomic E-state index is 11.9. The highest BCUT2D eigenvalue weighted by Gasteiger charge is 2.07. The molecule has 2 aromatic carbocycles. The van der Waals surface area contributed by atoms with Crippen molar-refractivity contribution in [3.05, 3.63) is 58.6 Å². The number of anilines is 1. The van der Waals surface area contributed by atoms with Gasteiger partial charge in [-0.15, -0.1) is 0 Å². The van der Waals surface area contributed by atoms with Gasteiger partial charge in [0.05, 0.1) is 11.4 Å². The number of aryl methyl sites for hydroxylation is 1. The van der Waals surface area contributed by atoms with E-state index in [9.17, 15) is 13.2 Å². The zero-order valence-corrected chi connectivity index (χ0v) is 15.3. The monoisotopic (exact) mass is 381 g/mol. The number of sulfonamides is 1. The van der Waals surface area contributed by atoms with Crippen molar-refractivity contribution in [3.8, 4) is 0 Å². The number of nitrogens with one attached hydrogen (secondary N) is 2. The largest absolute Gasteiger partial charge is 0.325 e. The van der Waals surface area contributed by atoms with Crippen LogP contribution in [0.1, 0.15) is 11.1 Å². The standard InChI is InChI=1S/C17H20ClN3O3S/c1-12-2-5-14(10-16(12)18)21-17(22)11-20-9-8-13-3-6-15(7-4-13)25(19,23)24/h2-7,10,20H,8-9,11H2,1H3,(H,21,22)(H2,19,23,24). The highest BCUT2D eigenvalue weighted by molar-refractivity contribution is 7.89. The Morgan fingerprint density at radius 1 is 1.16 bits per heavy atom. The SMILES string of the molecule is Cc1ccc(NC(=O)CNCCc2ccc(S(N)(=O)=O)cc2)cc1Cl. The summed E-state index contributed by atoms with van der Waals surface area (Å²) in [6, 6.07) is 11.7. The second-order valence-electron chi connectivity index (χ2n) is 5.63. The van der Waals surface area contributed by atoms with Crippen LogP contribution in [-0.2, 0) is 21.2 Å². The maximum Gasteiger partial charge on any atom is 0.238 e. The summed E-state index contributed by atoms with van der Waals surface area (Å²) in [5, 5.41) is 11.5. The zero-order chi connectivity index (χ0) is 18.4. The molecule has 0 bridgehead atoms. The number of nitrogens with two attached hydrogens (primary N) is 1. The third kappa shape index (κ3) is 6.13. The van der Waals surface area contributed by atoms with Crippen LogP contribution in [0.5, 0.6) is 0 Å². The van der Waals surface area contributed by atoms with Gasteiger partial charge < -0.3 is 10.6 Å². The van der Waals surface area contributed by atoms with Gasteiger partial charge in [-0.25, -0.2) is 13.6 Å². The first-order chi connectivity index (χ1) is 11.8. The summed E-state index contributed by atoms with van der Waals surface area (Å²) in [7, 11) is -3.67. The molecule has 8 heteroatoms. The number of primary sulfonamides is 1. The predicted molar refractivity (Wildman–Crippen MR) is 99.2 cm³/mol. The second-order valence-corrected chi connectivity index (χ2v) is 7.60. The molecule has 0 spiro atoms. The van der Waals surface area contributed by atoms with Crippen LogP contribution in [0.4, 0.5) is 5.69 Å². The number of carbonyl (C=O) groups is 1. The molecule has 0 atom stereocenters. The predicted octanol–water partition coefficient (Wildman–Crippen LogP) is 2.07. The molecule has 25 heavy (non-hydrogen) atoms. The Balaban J connectivity index is 1.75. The van der Waals surface area contributed by atoms with Crippen LogP contribution in [0.2, 0.25) is 5.02 Å². The number of hydrogen-bond acceptors (Lipinski definition) is 4. The number of rotatable bonds is 7. The van der Waals surface area contributed by atoms with E-state index in [-0.39, 0.29) is 17.3 Å². The highest BCUT2D eigenvalue weighted by atomic mass is 35.5. The molecule has 2 rings (SSSR count). The Morgan fingerprint density at radius 2 is 1.84 bits per heavy atom. The third-order valence-electron chi connectivity index (χ3n) is 3.58. The van der Waals surface area contributed by atoms with Crippen molar-refractivity contribution in [2.45, 2.75) is 18.2 Å². The minimum absolute atomic E-state index is 0.0837. The number of halogens is 1. The van der Waals surface area contributed by atoms with Gasteiger partial charge in [0.2, 0.25) is 15.9 Å². The fraction of sp³-hybridized carbons (Fsp3) is 0.235. The Hall–Kier alpha value is -1.93. The quantitative estimate of drug-likeness (QED) is 0.639. The van der Waals surface area contributed by atoms with E-state index in [1.54, 1.807) is 24.3 Å². The molecule has 0 aliphatic rings. The van der Waals surface area contributed by atoms with Crippen LogP contribution in [0, 0.1) is 6.92 Å². The molecule has 0 fully saturated rings. The van der Waals surface area contributed by atoms with Gasteiger partial charge in [-0.2, -0.15) is 0 Å². The lowest BCUT2D eigenvalue weighted by atomic mass is 10.1. The fourth-order valence-corrected chi connectivity index (χ4v) is 2.85. The van der Waals surface area contributed by atoms with E-state index >= 15 is 0 Å². The van der Waals surface area contributed by atoms with Crippen molar-refractivity contribution in [3.63, 3.8) is 0 Å². The average molecular weight is 382 g/mol. The van der Waals surface area contributed by atoms with Crippen molar-refractivity contribution in [1.29, 1.82) is 0 Å². The third-order valence-corrected chi connectivity index (χ3v) is 4.92. The van der Waals surface area contributed by atoms with Crippen LogP contribution < -0.4 is 15.8 Å².